The second kappa shape index (κ2) is 4.32. The molecule has 2 rings (SSSR count). The highest BCUT2D eigenvalue weighted by atomic mass is 127. The third-order valence-corrected chi connectivity index (χ3v) is 3.27. The Hall–Kier alpha value is -1.05. The number of aryl methyl sites for hydroxylation is 1. The lowest BCUT2D eigenvalue weighted by Crippen LogP contribution is -2.05. The Kier molecular flexibility index (Phi) is 3.15. The predicted octanol–water partition coefficient (Wildman–Crippen LogP) is 4.01. The van der Waals surface area contributed by atoms with Crippen LogP contribution >= 0.6 is 22.6 Å². The van der Waals surface area contributed by atoms with Crippen LogP contribution in [0.15, 0.2) is 24.4 Å². The largest absolute Gasteiger partial charge is 0.416 e. The first-order valence-electron chi connectivity index (χ1n) is 4.76. The van der Waals surface area contributed by atoms with Crippen molar-refractivity contribution in [2.45, 2.75) is 13.1 Å². The maximum atomic E-state index is 12.6. The molecule has 0 unspecified atom stereocenters. The Bertz CT molecular complexity index is 546. The van der Waals surface area contributed by atoms with Crippen molar-refractivity contribution in [1.82, 2.24) is 10.2 Å². The molecule has 0 aliphatic carbocycles. The van der Waals surface area contributed by atoms with Crippen molar-refractivity contribution < 1.29 is 13.2 Å². The van der Waals surface area contributed by atoms with Crippen molar-refractivity contribution >= 4 is 22.6 Å². The van der Waals surface area contributed by atoms with Crippen LogP contribution in [0.4, 0.5) is 13.2 Å². The molecule has 90 valence electrons. The smallest absolute Gasteiger partial charge is 0.272 e. The summed E-state index contributed by atoms with van der Waals surface area (Å²) in [6.07, 6.45) is -2.79. The lowest BCUT2D eigenvalue weighted by Gasteiger charge is -2.10. The number of H-pyrrole nitrogens is 1. The minimum absolute atomic E-state index is 0.554. The molecule has 0 saturated carbocycles. The molecule has 6 heteroatoms. The fourth-order valence-electron chi connectivity index (χ4n) is 1.55. The van der Waals surface area contributed by atoms with Crippen LogP contribution in [-0.2, 0) is 6.18 Å². The van der Waals surface area contributed by atoms with Gasteiger partial charge in [-0.05, 0) is 52.8 Å². The van der Waals surface area contributed by atoms with Gasteiger partial charge in [0.25, 0.3) is 0 Å². The van der Waals surface area contributed by atoms with Crippen LogP contribution < -0.4 is 0 Å². The zero-order valence-corrected chi connectivity index (χ0v) is 10.9. The summed E-state index contributed by atoms with van der Waals surface area (Å²) < 4.78 is 38.6. The van der Waals surface area contributed by atoms with Crippen molar-refractivity contribution in [2.24, 2.45) is 0 Å². The second-order valence-corrected chi connectivity index (χ2v) is 4.70. The number of aromatic amines is 1. The summed E-state index contributed by atoms with van der Waals surface area (Å²) in [6.45, 7) is 1.78. The molecule has 0 radical (unpaired) electrons. The van der Waals surface area contributed by atoms with Gasteiger partial charge in [0.2, 0.25) is 0 Å². The van der Waals surface area contributed by atoms with Crippen molar-refractivity contribution in [3.05, 3.63) is 39.2 Å². The van der Waals surface area contributed by atoms with E-state index in [0.717, 1.165) is 21.4 Å². The van der Waals surface area contributed by atoms with Crippen LogP contribution in [0, 0.1) is 10.6 Å². The first-order chi connectivity index (χ1) is 7.89. The maximum Gasteiger partial charge on any atom is 0.416 e. The molecule has 1 aromatic carbocycles. The maximum absolute atomic E-state index is 12.6. The normalized spacial score (nSPS) is 11.8. The van der Waals surface area contributed by atoms with Gasteiger partial charge in [0.15, 0.2) is 0 Å². The van der Waals surface area contributed by atoms with Crippen LogP contribution in [0.3, 0.4) is 0 Å². The number of alkyl halides is 3. The number of nitrogens with zero attached hydrogens (tertiary/aromatic N) is 1. The van der Waals surface area contributed by atoms with Gasteiger partial charge in [-0.25, -0.2) is 0 Å². The molecule has 2 nitrogen and oxygen atoms in total. The van der Waals surface area contributed by atoms with E-state index in [9.17, 15) is 13.2 Å². The molecular formula is C11H8F3IN2. The highest BCUT2D eigenvalue weighted by molar-refractivity contribution is 14.1. The fourth-order valence-corrected chi connectivity index (χ4v) is 2.12. The van der Waals surface area contributed by atoms with Gasteiger partial charge in [-0.3, -0.25) is 5.10 Å². The van der Waals surface area contributed by atoms with Crippen molar-refractivity contribution in [3.8, 4) is 11.1 Å². The first-order valence-corrected chi connectivity index (χ1v) is 5.84. The second-order valence-electron chi connectivity index (χ2n) is 3.63. The molecule has 0 atom stereocenters. The van der Waals surface area contributed by atoms with Crippen LogP contribution in [-0.4, -0.2) is 10.2 Å². The first kappa shape index (κ1) is 12.4. The van der Waals surface area contributed by atoms with Gasteiger partial charge in [-0.1, -0.05) is 6.07 Å². The lowest BCUT2D eigenvalue weighted by atomic mass is 10.0. The van der Waals surface area contributed by atoms with E-state index < -0.39 is 11.7 Å². The van der Waals surface area contributed by atoms with E-state index in [1.165, 1.54) is 12.3 Å². The van der Waals surface area contributed by atoms with Gasteiger partial charge < -0.3 is 0 Å². The Morgan fingerprint density at radius 2 is 1.94 bits per heavy atom. The summed E-state index contributed by atoms with van der Waals surface area (Å²) in [4.78, 5) is 0. The molecule has 0 bridgehead atoms. The van der Waals surface area contributed by atoms with E-state index in [2.05, 4.69) is 10.2 Å². The van der Waals surface area contributed by atoms with E-state index >= 15 is 0 Å². The average molecular weight is 352 g/mol. The molecule has 0 amide bonds. The van der Waals surface area contributed by atoms with E-state index in [1.807, 2.05) is 22.6 Å². The van der Waals surface area contributed by atoms with Gasteiger partial charge >= 0.3 is 6.18 Å². The highest BCUT2D eigenvalue weighted by Crippen LogP contribution is 2.34. The van der Waals surface area contributed by atoms with E-state index in [4.69, 9.17) is 0 Å². The number of rotatable bonds is 1. The zero-order valence-electron chi connectivity index (χ0n) is 8.77. The molecule has 0 aliphatic rings. The minimum Gasteiger partial charge on any atom is -0.272 e. The Labute approximate surface area is 109 Å². The van der Waals surface area contributed by atoms with Gasteiger partial charge in [-0.2, -0.15) is 18.3 Å². The zero-order chi connectivity index (χ0) is 12.6. The summed E-state index contributed by atoms with van der Waals surface area (Å²) in [5.41, 5.74) is 1.39. The molecule has 0 spiro atoms. The molecule has 0 fully saturated rings. The molecule has 0 saturated heterocycles. The number of nitrogens with one attached hydrogen (secondary N) is 1. The van der Waals surface area contributed by atoms with Crippen LogP contribution in [0.25, 0.3) is 11.1 Å². The molecule has 1 heterocycles. The Balaban J connectivity index is 2.58. The Morgan fingerprint density at radius 1 is 1.24 bits per heavy atom. The minimum atomic E-state index is -4.32. The number of aromatic nitrogens is 2. The van der Waals surface area contributed by atoms with E-state index in [1.54, 1.807) is 6.92 Å². The van der Waals surface area contributed by atoms with Gasteiger partial charge in [0, 0.05) is 5.56 Å². The third-order valence-electron chi connectivity index (χ3n) is 2.45. The number of hydrogen-bond donors (Lipinski definition) is 1. The van der Waals surface area contributed by atoms with Gasteiger partial charge in [0.1, 0.15) is 3.70 Å². The third kappa shape index (κ3) is 2.46. The molecule has 17 heavy (non-hydrogen) atoms. The molecule has 1 aromatic heterocycles. The Morgan fingerprint density at radius 3 is 2.47 bits per heavy atom. The summed E-state index contributed by atoms with van der Waals surface area (Å²) in [7, 11) is 0. The van der Waals surface area contributed by atoms with Crippen molar-refractivity contribution in [3.63, 3.8) is 0 Å². The van der Waals surface area contributed by atoms with E-state index in [0.29, 0.717) is 11.1 Å². The quantitative estimate of drug-likeness (QED) is 0.772. The van der Waals surface area contributed by atoms with Crippen LogP contribution in [0.2, 0.25) is 0 Å². The topological polar surface area (TPSA) is 28.7 Å². The summed E-state index contributed by atoms with van der Waals surface area (Å²) in [5.74, 6) is 0. The number of hydrogen-bond acceptors (Lipinski definition) is 1. The standard InChI is InChI=1S/C11H8F3IN2/c1-6-2-3-7(11(12,13)14)4-8(6)9-5-16-17-10(9)15/h2-5H,1H3,(H,16,17). The predicted molar refractivity (Wildman–Crippen MR) is 66.5 cm³/mol. The number of benzene rings is 1. The monoisotopic (exact) mass is 352 g/mol. The molecule has 2 aromatic rings. The van der Waals surface area contributed by atoms with Crippen molar-refractivity contribution in [2.75, 3.05) is 0 Å². The molecular weight excluding hydrogens is 344 g/mol. The van der Waals surface area contributed by atoms with Crippen LogP contribution in [0.5, 0.6) is 0 Å². The summed E-state index contributed by atoms with van der Waals surface area (Å²) in [5, 5.41) is 6.53. The fraction of sp³-hybridized carbons (Fsp3) is 0.182. The van der Waals surface area contributed by atoms with Gasteiger partial charge in [-0.15, -0.1) is 0 Å². The number of halogens is 4. The average Bonchev–Trinajstić information content (AvgIpc) is 2.63. The summed E-state index contributed by atoms with van der Waals surface area (Å²) >= 11 is 2.01. The highest BCUT2D eigenvalue weighted by Gasteiger charge is 2.31. The molecule has 0 aliphatic heterocycles. The van der Waals surface area contributed by atoms with Crippen molar-refractivity contribution in [1.29, 1.82) is 0 Å². The SMILES string of the molecule is Cc1ccc(C(F)(F)F)cc1-c1cn[nH]c1I. The van der Waals surface area contributed by atoms with Gasteiger partial charge in [0.05, 0.1) is 11.8 Å². The lowest BCUT2D eigenvalue weighted by molar-refractivity contribution is -0.137. The summed E-state index contributed by atoms with van der Waals surface area (Å²) in [6, 6.07) is 3.72. The van der Waals surface area contributed by atoms with Crippen LogP contribution in [0.1, 0.15) is 11.1 Å². The van der Waals surface area contributed by atoms with E-state index in [-0.39, 0.29) is 0 Å². The molecule has 1 N–H and O–H groups in total.